The maximum Gasteiger partial charge on any atom is 0.309 e. The second-order valence-electron chi connectivity index (χ2n) is 5.26. The topological polar surface area (TPSA) is 78.4 Å². The van der Waals surface area contributed by atoms with Crippen LogP contribution in [0.25, 0.3) is 0 Å². The van der Waals surface area contributed by atoms with Gasteiger partial charge in [0.15, 0.2) is 0 Å². The molecule has 1 aromatic rings. The van der Waals surface area contributed by atoms with Gasteiger partial charge < -0.3 is 15.7 Å². The molecule has 2 amide bonds. The van der Waals surface area contributed by atoms with Crippen LogP contribution in [0.5, 0.6) is 0 Å². The third kappa shape index (κ3) is 5.15. The average molecular weight is 294 g/mol. The predicted molar refractivity (Wildman–Crippen MR) is 74.6 cm³/mol. The first kappa shape index (κ1) is 15.4. The van der Waals surface area contributed by atoms with Gasteiger partial charge in [-0.25, -0.2) is 4.39 Å². The number of halogens is 1. The summed E-state index contributed by atoms with van der Waals surface area (Å²) >= 11 is 0. The van der Waals surface area contributed by atoms with Gasteiger partial charge in [-0.15, -0.1) is 0 Å². The number of aliphatic hydroxyl groups is 1. The van der Waals surface area contributed by atoms with Crippen molar-refractivity contribution in [2.24, 2.45) is 5.92 Å². The number of hydrogen-bond acceptors (Lipinski definition) is 3. The lowest BCUT2D eigenvalue weighted by atomic mass is 10.1. The van der Waals surface area contributed by atoms with Crippen molar-refractivity contribution in [1.82, 2.24) is 10.6 Å². The molecule has 2 rings (SSSR count). The van der Waals surface area contributed by atoms with Crippen LogP contribution in [0.1, 0.15) is 24.8 Å². The second kappa shape index (κ2) is 7.17. The van der Waals surface area contributed by atoms with Crippen LogP contribution in [0.3, 0.4) is 0 Å². The Morgan fingerprint density at radius 3 is 2.43 bits per heavy atom. The fraction of sp³-hybridized carbons (Fsp3) is 0.467. The van der Waals surface area contributed by atoms with Crippen LogP contribution >= 0.6 is 0 Å². The molecule has 0 heterocycles. The van der Waals surface area contributed by atoms with E-state index in [-0.39, 0.29) is 18.9 Å². The van der Waals surface area contributed by atoms with Crippen molar-refractivity contribution in [3.8, 4) is 0 Å². The number of nitrogens with one attached hydrogen (secondary N) is 2. The molecule has 114 valence electrons. The molecule has 0 aromatic heterocycles. The van der Waals surface area contributed by atoms with E-state index in [4.69, 9.17) is 0 Å². The van der Waals surface area contributed by atoms with Crippen LogP contribution in [-0.2, 0) is 16.1 Å². The molecule has 1 aromatic carbocycles. The van der Waals surface area contributed by atoms with Gasteiger partial charge in [0.1, 0.15) is 5.82 Å². The number of benzene rings is 1. The largest absolute Gasteiger partial charge is 0.393 e. The molecule has 5 nitrogen and oxygen atoms in total. The van der Waals surface area contributed by atoms with E-state index in [9.17, 15) is 19.1 Å². The summed E-state index contributed by atoms with van der Waals surface area (Å²) in [5.41, 5.74) is 0.710. The molecule has 1 saturated carbocycles. The summed E-state index contributed by atoms with van der Waals surface area (Å²) in [6, 6.07) is 5.67. The SMILES string of the molecule is O=C(NCC[C@@H](O)C1CC1)C(=O)NCc1ccc(F)cc1. The van der Waals surface area contributed by atoms with Gasteiger partial charge in [-0.05, 0) is 42.9 Å². The standard InChI is InChI=1S/C15H19FN2O3/c16-12-5-1-10(2-6-12)9-18-15(21)14(20)17-8-7-13(19)11-3-4-11/h1-2,5-6,11,13,19H,3-4,7-9H2,(H,17,20)(H,18,21)/t13-/m1/s1. The summed E-state index contributed by atoms with van der Waals surface area (Å²) < 4.78 is 12.7. The lowest BCUT2D eigenvalue weighted by Crippen LogP contribution is -2.40. The molecule has 6 heteroatoms. The Bertz CT molecular complexity index is 500. The summed E-state index contributed by atoms with van der Waals surface area (Å²) in [5, 5.41) is 14.6. The van der Waals surface area contributed by atoms with Crippen molar-refractivity contribution in [1.29, 1.82) is 0 Å². The van der Waals surface area contributed by atoms with Gasteiger partial charge in [0.05, 0.1) is 6.10 Å². The van der Waals surface area contributed by atoms with Gasteiger partial charge in [0.25, 0.3) is 0 Å². The fourth-order valence-corrected chi connectivity index (χ4v) is 2.00. The van der Waals surface area contributed by atoms with E-state index in [1.54, 1.807) is 12.1 Å². The summed E-state index contributed by atoms with van der Waals surface area (Å²) in [6.45, 7) is 0.442. The minimum Gasteiger partial charge on any atom is -0.393 e. The zero-order valence-electron chi connectivity index (χ0n) is 11.6. The molecule has 0 spiro atoms. The fourth-order valence-electron chi connectivity index (χ4n) is 2.00. The summed E-state index contributed by atoms with van der Waals surface area (Å²) in [4.78, 5) is 23.1. The highest BCUT2D eigenvalue weighted by Crippen LogP contribution is 2.33. The Kier molecular flexibility index (Phi) is 5.27. The van der Waals surface area contributed by atoms with Crippen LogP contribution in [-0.4, -0.2) is 29.6 Å². The molecule has 0 unspecified atom stereocenters. The van der Waals surface area contributed by atoms with Crippen molar-refractivity contribution >= 4 is 11.8 Å². The number of rotatable bonds is 6. The van der Waals surface area contributed by atoms with Crippen LogP contribution in [0, 0.1) is 11.7 Å². The van der Waals surface area contributed by atoms with Gasteiger partial charge in [-0.3, -0.25) is 9.59 Å². The average Bonchev–Trinajstić information content (AvgIpc) is 3.30. The molecular weight excluding hydrogens is 275 g/mol. The highest BCUT2D eigenvalue weighted by atomic mass is 19.1. The Morgan fingerprint density at radius 2 is 1.81 bits per heavy atom. The van der Waals surface area contributed by atoms with E-state index < -0.39 is 17.9 Å². The normalized spacial score (nSPS) is 15.3. The molecular formula is C15H19FN2O3. The molecule has 3 N–H and O–H groups in total. The lowest BCUT2D eigenvalue weighted by Gasteiger charge is -2.10. The van der Waals surface area contributed by atoms with Crippen LogP contribution in [0.2, 0.25) is 0 Å². The Hall–Kier alpha value is -1.95. The monoisotopic (exact) mass is 294 g/mol. The smallest absolute Gasteiger partial charge is 0.309 e. The Balaban J connectivity index is 1.64. The van der Waals surface area contributed by atoms with Crippen molar-refractivity contribution in [2.45, 2.75) is 31.9 Å². The maximum absolute atomic E-state index is 12.7. The quantitative estimate of drug-likeness (QED) is 0.676. The van der Waals surface area contributed by atoms with Crippen molar-refractivity contribution < 1.29 is 19.1 Å². The third-order valence-corrected chi connectivity index (χ3v) is 3.46. The van der Waals surface area contributed by atoms with E-state index in [2.05, 4.69) is 10.6 Å². The molecule has 21 heavy (non-hydrogen) atoms. The van der Waals surface area contributed by atoms with Crippen molar-refractivity contribution in [3.63, 3.8) is 0 Å². The van der Waals surface area contributed by atoms with Gasteiger partial charge in [0, 0.05) is 13.1 Å². The highest BCUT2D eigenvalue weighted by Gasteiger charge is 2.29. The summed E-state index contributed by atoms with van der Waals surface area (Å²) in [5.74, 6) is -1.45. The van der Waals surface area contributed by atoms with Crippen LogP contribution in [0.4, 0.5) is 4.39 Å². The molecule has 1 atom stereocenters. The third-order valence-electron chi connectivity index (χ3n) is 3.46. The zero-order chi connectivity index (χ0) is 15.2. The second-order valence-corrected chi connectivity index (χ2v) is 5.26. The van der Waals surface area contributed by atoms with Gasteiger partial charge in [-0.1, -0.05) is 12.1 Å². The van der Waals surface area contributed by atoms with Crippen molar-refractivity contribution in [3.05, 3.63) is 35.6 Å². The van der Waals surface area contributed by atoms with Gasteiger partial charge in [0.2, 0.25) is 0 Å². The number of carbonyl (C=O) groups excluding carboxylic acids is 2. The van der Waals surface area contributed by atoms with E-state index in [1.165, 1.54) is 12.1 Å². The van der Waals surface area contributed by atoms with E-state index in [0.29, 0.717) is 17.9 Å². The summed E-state index contributed by atoms with van der Waals surface area (Å²) in [6.07, 6.45) is 2.13. The number of carbonyl (C=O) groups is 2. The molecule has 0 radical (unpaired) electrons. The van der Waals surface area contributed by atoms with Crippen LogP contribution < -0.4 is 10.6 Å². The maximum atomic E-state index is 12.7. The van der Waals surface area contributed by atoms with Gasteiger partial charge in [-0.2, -0.15) is 0 Å². The van der Waals surface area contributed by atoms with E-state index in [1.807, 2.05) is 0 Å². The Labute approximate surface area is 122 Å². The number of aliphatic hydroxyl groups excluding tert-OH is 1. The molecule has 1 fully saturated rings. The predicted octanol–water partition coefficient (Wildman–Crippen LogP) is 0.719. The molecule has 0 bridgehead atoms. The lowest BCUT2D eigenvalue weighted by molar-refractivity contribution is -0.139. The molecule has 1 aliphatic carbocycles. The molecule has 0 saturated heterocycles. The number of amides is 2. The molecule has 1 aliphatic rings. The van der Waals surface area contributed by atoms with Crippen molar-refractivity contribution in [2.75, 3.05) is 6.54 Å². The Morgan fingerprint density at radius 1 is 1.19 bits per heavy atom. The minimum absolute atomic E-state index is 0.164. The summed E-state index contributed by atoms with van der Waals surface area (Å²) in [7, 11) is 0. The first-order valence-corrected chi connectivity index (χ1v) is 7.05. The number of hydrogen-bond donors (Lipinski definition) is 3. The minimum atomic E-state index is -0.736. The van der Waals surface area contributed by atoms with E-state index >= 15 is 0 Å². The first-order chi connectivity index (χ1) is 10.1. The van der Waals surface area contributed by atoms with E-state index in [0.717, 1.165) is 12.8 Å². The van der Waals surface area contributed by atoms with Crippen LogP contribution in [0.15, 0.2) is 24.3 Å². The van der Waals surface area contributed by atoms with Gasteiger partial charge >= 0.3 is 11.8 Å². The highest BCUT2D eigenvalue weighted by molar-refractivity contribution is 6.35. The zero-order valence-corrected chi connectivity index (χ0v) is 11.6. The first-order valence-electron chi connectivity index (χ1n) is 7.05. The molecule has 0 aliphatic heterocycles.